The Hall–Kier alpha value is -2.20. The number of hydrogen-bond donors (Lipinski definition) is 1. The maximum Gasteiger partial charge on any atom is 0.127 e. The third kappa shape index (κ3) is 2.54. The highest BCUT2D eigenvalue weighted by atomic mass is 19.1. The summed E-state index contributed by atoms with van der Waals surface area (Å²) in [5, 5.41) is 0. The van der Waals surface area contributed by atoms with Gasteiger partial charge in [-0.05, 0) is 29.8 Å². The second kappa shape index (κ2) is 5.66. The number of nitrogens with zero attached hydrogens (tertiary/aromatic N) is 2. The Morgan fingerprint density at radius 3 is 2.76 bits per heavy atom. The van der Waals surface area contributed by atoms with Crippen LogP contribution in [0.3, 0.4) is 0 Å². The lowest BCUT2D eigenvalue weighted by Gasteiger charge is -2.10. The third-order valence-corrected chi connectivity index (χ3v) is 3.72. The first-order valence-electron chi connectivity index (χ1n) is 7.14. The van der Waals surface area contributed by atoms with Crippen LogP contribution >= 0.6 is 0 Å². The van der Waals surface area contributed by atoms with Crippen molar-refractivity contribution in [2.24, 2.45) is 5.73 Å². The van der Waals surface area contributed by atoms with E-state index in [-0.39, 0.29) is 12.4 Å². The average molecular weight is 283 g/mol. The molecule has 4 heteroatoms. The van der Waals surface area contributed by atoms with E-state index in [9.17, 15) is 4.39 Å². The fraction of sp³-hybridized carbons (Fsp3) is 0.235. The van der Waals surface area contributed by atoms with Crippen LogP contribution in [0.15, 0.2) is 42.5 Å². The standard InChI is InChI=1S/C17H18FN3/c1-2-17-20-15-5-3-4-6-16(15)21(17)11-12-7-8-14(18)13(9-12)10-19/h3-9H,2,10-11,19H2,1H3. The summed E-state index contributed by atoms with van der Waals surface area (Å²) in [4.78, 5) is 4.65. The minimum absolute atomic E-state index is 0.213. The Morgan fingerprint density at radius 2 is 2.00 bits per heavy atom. The molecule has 0 bridgehead atoms. The molecular weight excluding hydrogens is 265 g/mol. The molecule has 2 N–H and O–H groups in total. The molecule has 108 valence electrons. The molecular formula is C17H18FN3. The molecule has 0 radical (unpaired) electrons. The molecule has 0 aliphatic heterocycles. The number of imidazole rings is 1. The van der Waals surface area contributed by atoms with Crippen molar-refractivity contribution in [2.75, 3.05) is 0 Å². The van der Waals surface area contributed by atoms with Gasteiger partial charge >= 0.3 is 0 Å². The van der Waals surface area contributed by atoms with Gasteiger partial charge in [-0.1, -0.05) is 25.1 Å². The highest BCUT2D eigenvalue weighted by Gasteiger charge is 2.10. The van der Waals surface area contributed by atoms with Crippen LogP contribution in [-0.4, -0.2) is 9.55 Å². The molecule has 3 nitrogen and oxygen atoms in total. The Morgan fingerprint density at radius 1 is 1.19 bits per heavy atom. The summed E-state index contributed by atoms with van der Waals surface area (Å²) in [5.41, 5.74) is 9.27. The van der Waals surface area contributed by atoms with E-state index in [2.05, 4.69) is 22.5 Å². The molecule has 0 atom stereocenters. The van der Waals surface area contributed by atoms with Gasteiger partial charge in [0, 0.05) is 25.1 Å². The van der Waals surface area contributed by atoms with Gasteiger partial charge in [0.25, 0.3) is 0 Å². The molecule has 1 heterocycles. The third-order valence-electron chi connectivity index (χ3n) is 3.72. The molecule has 3 rings (SSSR count). The van der Waals surface area contributed by atoms with Gasteiger partial charge in [-0.3, -0.25) is 0 Å². The van der Waals surface area contributed by atoms with E-state index in [1.807, 2.05) is 30.3 Å². The molecule has 0 saturated heterocycles. The highest BCUT2D eigenvalue weighted by molar-refractivity contribution is 5.76. The van der Waals surface area contributed by atoms with Crippen LogP contribution < -0.4 is 5.73 Å². The summed E-state index contributed by atoms with van der Waals surface area (Å²) >= 11 is 0. The largest absolute Gasteiger partial charge is 0.326 e. The second-order valence-electron chi connectivity index (χ2n) is 5.09. The first kappa shape index (κ1) is 13.8. The molecule has 3 aromatic rings. The predicted molar refractivity (Wildman–Crippen MR) is 82.5 cm³/mol. The van der Waals surface area contributed by atoms with E-state index in [0.717, 1.165) is 28.8 Å². The fourth-order valence-corrected chi connectivity index (χ4v) is 2.64. The maximum atomic E-state index is 13.5. The van der Waals surface area contributed by atoms with Gasteiger partial charge in [0.05, 0.1) is 11.0 Å². The minimum Gasteiger partial charge on any atom is -0.326 e. The molecule has 0 fully saturated rings. The Bertz CT molecular complexity index is 777. The van der Waals surface area contributed by atoms with Crippen molar-refractivity contribution < 1.29 is 4.39 Å². The van der Waals surface area contributed by atoms with Gasteiger partial charge in [-0.25, -0.2) is 9.37 Å². The summed E-state index contributed by atoms with van der Waals surface area (Å²) in [5.74, 6) is 0.794. The van der Waals surface area contributed by atoms with Gasteiger partial charge in [-0.15, -0.1) is 0 Å². The number of fused-ring (bicyclic) bond motifs is 1. The second-order valence-corrected chi connectivity index (χ2v) is 5.09. The summed E-state index contributed by atoms with van der Waals surface area (Å²) in [6.07, 6.45) is 0.861. The quantitative estimate of drug-likeness (QED) is 0.798. The van der Waals surface area contributed by atoms with E-state index >= 15 is 0 Å². The molecule has 21 heavy (non-hydrogen) atoms. The molecule has 0 amide bonds. The van der Waals surface area contributed by atoms with Crippen molar-refractivity contribution in [2.45, 2.75) is 26.4 Å². The van der Waals surface area contributed by atoms with Crippen molar-refractivity contribution >= 4 is 11.0 Å². The van der Waals surface area contributed by atoms with E-state index in [1.54, 1.807) is 0 Å². The topological polar surface area (TPSA) is 43.8 Å². The van der Waals surface area contributed by atoms with E-state index in [1.165, 1.54) is 6.07 Å². The maximum absolute atomic E-state index is 13.5. The van der Waals surface area contributed by atoms with Gasteiger partial charge in [0.15, 0.2) is 0 Å². The summed E-state index contributed by atoms with van der Waals surface area (Å²) < 4.78 is 15.7. The predicted octanol–water partition coefficient (Wildman–Crippen LogP) is 3.24. The number of rotatable bonds is 4. The first-order chi connectivity index (χ1) is 10.2. The number of benzene rings is 2. The number of para-hydroxylation sites is 2. The lowest BCUT2D eigenvalue weighted by molar-refractivity contribution is 0.608. The van der Waals surface area contributed by atoms with Crippen molar-refractivity contribution in [3.8, 4) is 0 Å². The van der Waals surface area contributed by atoms with Crippen LogP contribution in [0.25, 0.3) is 11.0 Å². The lowest BCUT2D eigenvalue weighted by atomic mass is 10.1. The Labute approximate surface area is 123 Å². The average Bonchev–Trinajstić information content (AvgIpc) is 2.87. The number of aryl methyl sites for hydroxylation is 1. The molecule has 0 saturated carbocycles. The highest BCUT2D eigenvalue weighted by Crippen LogP contribution is 2.19. The smallest absolute Gasteiger partial charge is 0.127 e. The number of halogens is 1. The van der Waals surface area contributed by atoms with Crippen LogP contribution in [0.4, 0.5) is 4.39 Å². The van der Waals surface area contributed by atoms with Gasteiger partial charge in [-0.2, -0.15) is 0 Å². The summed E-state index contributed by atoms with van der Waals surface area (Å²) in [6, 6.07) is 13.2. The van der Waals surface area contributed by atoms with Crippen LogP contribution in [0.2, 0.25) is 0 Å². The molecule has 0 aliphatic carbocycles. The van der Waals surface area contributed by atoms with E-state index in [4.69, 9.17) is 5.73 Å². The van der Waals surface area contributed by atoms with Crippen LogP contribution in [0.1, 0.15) is 23.9 Å². The van der Waals surface area contributed by atoms with E-state index in [0.29, 0.717) is 12.1 Å². The zero-order chi connectivity index (χ0) is 14.8. The number of aromatic nitrogens is 2. The normalized spacial score (nSPS) is 11.2. The Kier molecular flexibility index (Phi) is 3.71. The van der Waals surface area contributed by atoms with Crippen LogP contribution in [0, 0.1) is 5.82 Å². The summed E-state index contributed by atoms with van der Waals surface area (Å²) in [6.45, 7) is 2.98. The van der Waals surface area contributed by atoms with Crippen molar-refractivity contribution in [3.63, 3.8) is 0 Å². The summed E-state index contributed by atoms with van der Waals surface area (Å²) in [7, 11) is 0. The van der Waals surface area contributed by atoms with Gasteiger partial charge in [0.2, 0.25) is 0 Å². The number of hydrogen-bond acceptors (Lipinski definition) is 2. The molecule has 2 aromatic carbocycles. The monoisotopic (exact) mass is 283 g/mol. The van der Waals surface area contributed by atoms with E-state index < -0.39 is 0 Å². The SMILES string of the molecule is CCc1nc2ccccc2n1Cc1ccc(F)c(CN)c1. The zero-order valence-electron chi connectivity index (χ0n) is 12.0. The number of nitrogens with two attached hydrogens (primary N) is 1. The van der Waals surface area contributed by atoms with Gasteiger partial charge in [0.1, 0.15) is 11.6 Å². The van der Waals surface area contributed by atoms with Crippen LogP contribution in [0.5, 0.6) is 0 Å². The first-order valence-corrected chi connectivity index (χ1v) is 7.14. The van der Waals surface area contributed by atoms with Crippen LogP contribution in [-0.2, 0) is 19.5 Å². The molecule has 0 unspecified atom stereocenters. The fourth-order valence-electron chi connectivity index (χ4n) is 2.64. The van der Waals surface area contributed by atoms with Crippen molar-refractivity contribution in [1.29, 1.82) is 0 Å². The molecule has 0 spiro atoms. The van der Waals surface area contributed by atoms with Crippen molar-refractivity contribution in [3.05, 3.63) is 65.2 Å². The van der Waals surface area contributed by atoms with Gasteiger partial charge < -0.3 is 10.3 Å². The zero-order valence-corrected chi connectivity index (χ0v) is 12.0. The molecule has 0 aliphatic rings. The van der Waals surface area contributed by atoms with Crippen molar-refractivity contribution in [1.82, 2.24) is 9.55 Å². The lowest BCUT2D eigenvalue weighted by Crippen LogP contribution is -2.06. The molecule has 1 aromatic heterocycles. The Balaban J connectivity index is 2.05. The minimum atomic E-state index is -0.243.